The third-order valence-corrected chi connectivity index (χ3v) is 4.46. The number of aliphatic imine (C=N–C) groups is 1. The van der Waals surface area contributed by atoms with E-state index in [4.69, 9.17) is 21.3 Å². The van der Waals surface area contributed by atoms with Crippen molar-refractivity contribution in [3.8, 4) is 0 Å². The van der Waals surface area contributed by atoms with Crippen molar-refractivity contribution >= 4 is 17.6 Å². The maximum atomic E-state index is 6.20. The first kappa shape index (κ1) is 15.6. The Balaban J connectivity index is 1.54. The lowest BCUT2D eigenvalue weighted by molar-refractivity contribution is 0.0822. The van der Waals surface area contributed by atoms with E-state index >= 15 is 0 Å². The summed E-state index contributed by atoms with van der Waals surface area (Å²) in [6.07, 6.45) is 5.47. The Kier molecular flexibility index (Phi) is 5.57. The predicted octanol–water partition coefficient (Wildman–Crippen LogP) is 2.76. The number of nitrogens with one attached hydrogen (secondary N) is 2. The van der Waals surface area contributed by atoms with Gasteiger partial charge in [0.2, 0.25) is 0 Å². The number of guanidine groups is 1. The molecule has 1 aromatic rings. The van der Waals surface area contributed by atoms with E-state index in [-0.39, 0.29) is 0 Å². The van der Waals surface area contributed by atoms with Crippen LogP contribution in [-0.2, 0) is 11.2 Å². The Labute approximate surface area is 137 Å². The second kappa shape index (κ2) is 7.84. The third kappa shape index (κ3) is 4.89. The number of nitrogens with zero attached hydrogens (tertiary/aromatic N) is 1. The van der Waals surface area contributed by atoms with E-state index in [1.165, 1.54) is 12.8 Å². The molecular weight excluding hydrogens is 298 g/mol. The van der Waals surface area contributed by atoms with Crippen LogP contribution < -0.4 is 10.6 Å². The van der Waals surface area contributed by atoms with Crippen molar-refractivity contribution in [3.63, 3.8) is 0 Å². The van der Waals surface area contributed by atoms with Gasteiger partial charge in [-0.1, -0.05) is 29.8 Å². The Morgan fingerprint density at radius 1 is 1.09 bits per heavy atom. The molecule has 0 spiro atoms. The van der Waals surface area contributed by atoms with Gasteiger partial charge in [0.1, 0.15) is 0 Å². The molecule has 0 amide bonds. The van der Waals surface area contributed by atoms with Gasteiger partial charge >= 0.3 is 0 Å². The highest BCUT2D eigenvalue weighted by molar-refractivity contribution is 6.31. The number of halogens is 1. The van der Waals surface area contributed by atoms with Crippen molar-refractivity contribution in [3.05, 3.63) is 34.9 Å². The van der Waals surface area contributed by atoms with Gasteiger partial charge in [0.25, 0.3) is 0 Å². The number of hydrogen-bond acceptors (Lipinski definition) is 2. The van der Waals surface area contributed by atoms with Crippen LogP contribution in [0.2, 0.25) is 5.02 Å². The second-order valence-electron chi connectivity index (χ2n) is 6.02. The summed E-state index contributed by atoms with van der Waals surface area (Å²) in [5.74, 6) is 0.946. The van der Waals surface area contributed by atoms with Crippen LogP contribution in [0.25, 0.3) is 0 Å². The van der Waals surface area contributed by atoms with Gasteiger partial charge in [-0.2, -0.15) is 0 Å². The van der Waals surface area contributed by atoms with Crippen LogP contribution in [0.15, 0.2) is 29.3 Å². The van der Waals surface area contributed by atoms with Crippen LogP contribution in [0, 0.1) is 0 Å². The second-order valence-corrected chi connectivity index (χ2v) is 6.43. The molecule has 1 aliphatic heterocycles. The van der Waals surface area contributed by atoms with Gasteiger partial charge in [-0.3, -0.25) is 4.99 Å². The Hall–Kier alpha value is -1.26. The summed E-state index contributed by atoms with van der Waals surface area (Å²) in [5.41, 5.74) is 1.16. The van der Waals surface area contributed by atoms with Gasteiger partial charge in [0.15, 0.2) is 5.96 Å². The number of rotatable bonds is 5. The first-order valence-corrected chi connectivity index (χ1v) is 8.58. The molecule has 1 saturated heterocycles. The topological polar surface area (TPSA) is 45.7 Å². The first-order chi connectivity index (χ1) is 10.8. The summed E-state index contributed by atoms with van der Waals surface area (Å²) >= 11 is 6.20. The highest BCUT2D eigenvalue weighted by Crippen LogP contribution is 2.19. The molecule has 0 radical (unpaired) electrons. The van der Waals surface area contributed by atoms with Crippen molar-refractivity contribution in [1.82, 2.24) is 10.6 Å². The van der Waals surface area contributed by atoms with Gasteiger partial charge in [0, 0.05) is 36.9 Å². The number of hydrogen-bond donors (Lipinski definition) is 2. The molecule has 1 aliphatic carbocycles. The van der Waals surface area contributed by atoms with Crippen LogP contribution in [0.1, 0.15) is 31.2 Å². The molecule has 2 aliphatic rings. The van der Waals surface area contributed by atoms with Gasteiger partial charge in [-0.05, 0) is 43.7 Å². The zero-order chi connectivity index (χ0) is 15.2. The molecule has 22 heavy (non-hydrogen) atoms. The summed E-state index contributed by atoms with van der Waals surface area (Å²) in [6, 6.07) is 9.06. The molecule has 120 valence electrons. The van der Waals surface area contributed by atoms with Gasteiger partial charge in [-0.25, -0.2) is 0 Å². The van der Waals surface area contributed by atoms with Gasteiger partial charge < -0.3 is 15.4 Å². The molecule has 2 fully saturated rings. The molecule has 5 heteroatoms. The average molecular weight is 322 g/mol. The lowest BCUT2D eigenvalue weighted by Crippen LogP contribution is -2.46. The molecule has 3 rings (SSSR count). The van der Waals surface area contributed by atoms with Crippen molar-refractivity contribution in [2.45, 2.75) is 44.2 Å². The van der Waals surface area contributed by atoms with Crippen LogP contribution >= 0.6 is 11.6 Å². The van der Waals surface area contributed by atoms with E-state index in [1.54, 1.807) is 0 Å². The Morgan fingerprint density at radius 3 is 2.45 bits per heavy atom. The summed E-state index contributed by atoms with van der Waals surface area (Å²) in [6.45, 7) is 2.43. The minimum absolute atomic E-state index is 0.471. The quantitative estimate of drug-likeness (QED) is 0.647. The molecule has 1 heterocycles. The first-order valence-electron chi connectivity index (χ1n) is 8.20. The molecule has 0 bridgehead atoms. The van der Waals surface area contributed by atoms with Crippen LogP contribution in [0.3, 0.4) is 0 Å². The smallest absolute Gasteiger partial charge is 0.191 e. The number of benzene rings is 1. The minimum atomic E-state index is 0.471. The highest BCUT2D eigenvalue weighted by atomic mass is 35.5. The summed E-state index contributed by atoms with van der Waals surface area (Å²) in [7, 11) is 0. The lowest BCUT2D eigenvalue weighted by atomic mass is 10.1. The van der Waals surface area contributed by atoms with Gasteiger partial charge in [0.05, 0.1) is 0 Å². The summed E-state index contributed by atoms with van der Waals surface area (Å²) < 4.78 is 5.41. The average Bonchev–Trinajstić information content (AvgIpc) is 3.34. The van der Waals surface area contributed by atoms with Crippen molar-refractivity contribution in [2.24, 2.45) is 4.99 Å². The van der Waals surface area contributed by atoms with Crippen molar-refractivity contribution in [1.29, 1.82) is 0 Å². The normalized spacial score (nSPS) is 20.0. The summed E-state index contributed by atoms with van der Waals surface area (Å²) in [4.78, 5) is 4.73. The molecule has 0 unspecified atom stereocenters. The molecular formula is C17H24ClN3O. The highest BCUT2D eigenvalue weighted by Gasteiger charge is 2.24. The molecule has 1 saturated carbocycles. The third-order valence-electron chi connectivity index (χ3n) is 4.09. The maximum absolute atomic E-state index is 6.20. The Bertz CT molecular complexity index is 510. The Morgan fingerprint density at radius 2 is 1.77 bits per heavy atom. The van der Waals surface area contributed by atoms with E-state index in [0.717, 1.165) is 55.6 Å². The largest absolute Gasteiger partial charge is 0.381 e. The molecule has 1 aromatic carbocycles. The molecule has 2 N–H and O–H groups in total. The fourth-order valence-electron chi connectivity index (χ4n) is 2.58. The summed E-state index contributed by atoms with van der Waals surface area (Å²) in [5, 5.41) is 7.88. The van der Waals surface area contributed by atoms with E-state index in [9.17, 15) is 0 Å². The van der Waals surface area contributed by atoms with E-state index in [1.807, 2.05) is 18.2 Å². The lowest BCUT2D eigenvalue weighted by Gasteiger charge is -2.25. The molecule has 0 aromatic heterocycles. The van der Waals surface area contributed by atoms with Gasteiger partial charge in [-0.15, -0.1) is 0 Å². The maximum Gasteiger partial charge on any atom is 0.191 e. The van der Waals surface area contributed by atoms with Crippen LogP contribution in [0.4, 0.5) is 0 Å². The molecule has 0 atom stereocenters. The standard InChI is InChI=1S/C17H24ClN3O/c18-16-4-2-1-3-13(16)7-10-19-17(20-14-5-6-14)21-15-8-11-22-12-9-15/h1-4,14-15H,5-12H2,(H2,19,20,21). The van der Waals surface area contributed by atoms with E-state index < -0.39 is 0 Å². The van der Waals surface area contributed by atoms with E-state index in [2.05, 4.69) is 16.7 Å². The predicted molar refractivity (Wildman–Crippen MR) is 90.6 cm³/mol. The number of ether oxygens (including phenoxy) is 1. The van der Waals surface area contributed by atoms with Crippen molar-refractivity contribution in [2.75, 3.05) is 19.8 Å². The monoisotopic (exact) mass is 321 g/mol. The zero-order valence-electron chi connectivity index (χ0n) is 12.9. The van der Waals surface area contributed by atoms with Crippen LogP contribution in [-0.4, -0.2) is 37.8 Å². The van der Waals surface area contributed by atoms with Crippen molar-refractivity contribution < 1.29 is 4.74 Å². The minimum Gasteiger partial charge on any atom is -0.381 e. The zero-order valence-corrected chi connectivity index (χ0v) is 13.6. The SMILES string of the molecule is Clc1ccccc1CCN=C(NC1CCOCC1)NC1CC1. The fraction of sp³-hybridized carbons (Fsp3) is 0.588. The fourth-order valence-corrected chi connectivity index (χ4v) is 2.81. The van der Waals surface area contributed by atoms with E-state index in [0.29, 0.717) is 12.1 Å². The molecule has 4 nitrogen and oxygen atoms in total. The van der Waals surface area contributed by atoms with Crippen LogP contribution in [0.5, 0.6) is 0 Å².